The Labute approximate surface area is 166 Å². The molecule has 0 aliphatic carbocycles. The van der Waals surface area contributed by atoms with Gasteiger partial charge in [-0.25, -0.2) is 9.59 Å². The minimum atomic E-state index is -0.597. The van der Waals surface area contributed by atoms with Gasteiger partial charge in [0.15, 0.2) is 0 Å². The molecule has 0 radical (unpaired) electrons. The standard InChI is InChI=1S/C22H30N2O4/c1-7-27-20(25)13-12-17(24(6)21(26)28-22(2,3)4)14-16-15-23(5)19-11-9-8-10-18(16)19/h8-13,15,17H,7,14H2,1-6H3. The number of hydrogen-bond donors (Lipinski definition) is 0. The topological polar surface area (TPSA) is 60.8 Å². The molecule has 0 fully saturated rings. The number of aryl methyl sites for hydroxylation is 1. The Bertz CT molecular complexity index is 861. The zero-order valence-electron chi connectivity index (χ0n) is 17.6. The van der Waals surface area contributed by atoms with Crippen LogP contribution in [-0.2, 0) is 27.7 Å². The maximum Gasteiger partial charge on any atom is 0.410 e. The molecule has 28 heavy (non-hydrogen) atoms. The largest absolute Gasteiger partial charge is 0.463 e. The van der Waals surface area contributed by atoms with E-state index >= 15 is 0 Å². The first-order chi connectivity index (χ1) is 13.1. The normalized spacial score (nSPS) is 12.9. The average molecular weight is 386 g/mol. The first-order valence-corrected chi connectivity index (χ1v) is 9.46. The Morgan fingerprint density at radius 1 is 1.25 bits per heavy atom. The van der Waals surface area contributed by atoms with E-state index < -0.39 is 17.7 Å². The molecule has 6 nitrogen and oxygen atoms in total. The van der Waals surface area contributed by atoms with Crippen LogP contribution in [-0.4, -0.2) is 46.8 Å². The summed E-state index contributed by atoms with van der Waals surface area (Å²) in [5, 5.41) is 1.12. The lowest BCUT2D eigenvalue weighted by molar-refractivity contribution is -0.137. The molecule has 1 unspecified atom stereocenters. The minimum Gasteiger partial charge on any atom is -0.463 e. The van der Waals surface area contributed by atoms with E-state index in [-0.39, 0.29) is 6.04 Å². The van der Waals surface area contributed by atoms with Gasteiger partial charge in [-0.05, 0) is 45.7 Å². The van der Waals surface area contributed by atoms with E-state index in [2.05, 4.69) is 22.9 Å². The molecule has 2 rings (SSSR count). The van der Waals surface area contributed by atoms with Crippen molar-refractivity contribution in [2.75, 3.05) is 13.7 Å². The molecule has 1 amide bonds. The summed E-state index contributed by atoms with van der Waals surface area (Å²) in [6.07, 6.45) is 5.24. The van der Waals surface area contributed by atoms with Crippen LogP contribution in [0, 0.1) is 0 Å². The zero-order chi connectivity index (χ0) is 20.9. The van der Waals surface area contributed by atoms with Crippen LogP contribution in [0.25, 0.3) is 10.9 Å². The highest BCUT2D eigenvalue weighted by Gasteiger charge is 2.25. The van der Waals surface area contributed by atoms with E-state index in [1.165, 1.54) is 11.0 Å². The number of para-hydroxylation sites is 1. The van der Waals surface area contributed by atoms with Crippen molar-refractivity contribution in [3.63, 3.8) is 0 Å². The van der Waals surface area contributed by atoms with Gasteiger partial charge in [-0.1, -0.05) is 24.3 Å². The molecule has 1 aromatic carbocycles. The fourth-order valence-electron chi connectivity index (χ4n) is 3.00. The van der Waals surface area contributed by atoms with Crippen LogP contribution in [0.3, 0.4) is 0 Å². The predicted octanol–water partition coefficient (Wildman–Crippen LogP) is 4.08. The van der Waals surface area contributed by atoms with Crippen LogP contribution >= 0.6 is 0 Å². The number of carbonyl (C=O) groups is 2. The SMILES string of the molecule is CCOC(=O)C=CC(Cc1cn(C)c2ccccc12)N(C)C(=O)OC(C)(C)C. The molecule has 2 aromatic rings. The lowest BCUT2D eigenvalue weighted by Crippen LogP contribution is -2.41. The van der Waals surface area contributed by atoms with Crippen LogP contribution in [0.5, 0.6) is 0 Å². The predicted molar refractivity (Wildman–Crippen MR) is 110 cm³/mol. The van der Waals surface area contributed by atoms with Gasteiger partial charge < -0.3 is 18.9 Å². The van der Waals surface area contributed by atoms with Crippen molar-refractivity contribution in [3.05, 3.63) is 48.2 Å². The van der Waals surface area contributed by atoms with Gasteiger partial charge in [0.1, 0.15) is 5.60 Å². The fourth-order valence-corrected chi connectivity index (χ4v) is 3.00. The molecule has 0 aliphatic rings. The Morgan fingerprint density at radius 3 is 2.57 bits per heavy atom. The van der Waals surface area contributed by atoms with Crippen molar-refractivity contribution in [2.24, 2.45) is 7.05 Å². The second-order valence-electron chi connectivity index (χ2n) is 7.76. The van der Waals surface area contributed by atoms with Crippen LogP contribution in [0.1, 0.15) is 33.3 Å². The number of ether oxygens (including phenoxy) is 2. The number of rotatable bonds is 6. The molecule has 152 valence electrons. The number of esters is 1. The van der Waals surface area contributed by atoms with E-state index in [1.54, 1.807) is 20.0 Å². The van der Waals surface area contributed by atoms with Crippen molar-refractivity contribution in [1.82, 2.24) is 9.47 Å². The Morgan fingerprint density at radius 2 is 1.93 bits per heavy atom. The van der Waals surface area contributed by atoms with E-state index in [0.29, 0.717) is 13.0 Å². The van der Waals surface area contributed by atoms with Crippen molar-refractivity contribution >= 4 is 23.0 Å². The van der Waals surface area contributed by atoms with Crippen LogP contribution < -0.4 is 0 Å². The summed E-state index contributed by atoms with van der Waals surface area (Å²) in [5.41, 5.74) is 1.61. The number of hydrogen-bond acceptors (Lipinski definition) is 4. The molecule has 0 N–H and O–H groups in total. The highest BCUT2D eigenvalue weighted by molar-refractivity contribution is 5.84. The molecule has 6 heteroatoms. The van der Waals surface area contributed by atoms with E-state index in [0.717, 1.165) is 16.5 Å². The third-order valence-corrected chi connectivity index (χ3v) is 4.33. The van der Waals surface area contributed by atoms with Gasteiger partial charge in [0.2, 0.25) is 0 Å². The van der Waals surface area contributed by atoms with Crippen molar-refractivity contribution in [3.8, 4) is 0 Å². The van der Waals surface area contributed by atoms with Gasteiger partial charge in [-0.3, -0.25) is 0 Å². The highest BCUT2D eigenvalue weighted by Crippen LogP contribution is 2.23. The molecule has 0 bridgehead atoms. The number of carbonyl (C=O) groups excluding carboxylic acids is 2. The van der Waals surface area contributed by atoms with Crippen molar-refractivity contribution < 1.29 is 19.1 Å². The van der Waals surface area contributed by atoms with Gasteiger partial charge in [0.05, 0.1) is 12.6 Å². The lowest BCUT2D eigenvalue weighted by atomic mass is 10.0. The second kappa shape index (κ2) is 8.95. The van der Waals surface area contributed by atoms with Crippen molar-refractivity contribution in [2.45, 2.75) is 45.8 Å². The summed E-state index contributed by atoms with van der Waals surface area (Å²) in [4.78, 5) is 25.9. The number of fused-ring (bicyclic) bond motifs is 1. The number of nitrogens with zero attached hydrogens (tertiary/aromatic N) is 2. The summed E-state index contributed by atoms with van der Waals surface area (Å²) >= 11 is 0. The van der Waals surface area contributed by atoms with E-state index in [1.807, 2.05) is 40.0 Å². The highest BCUT2D eigenvalue weighted by atomic mass is 16.6. The maximum atomic E-state index is 12.6. The number of benzene rings is 1. The summed E-state index contributed by atoms with van der Waals surface area (Å²) in [6.45, 7) is 7.54. The number of aromatic nitrogens is 1. The zero-order valence-corrected chi connectivity index (χ0v) is 17.6. The minimum absolute atomic E-state index is 0.305. The quantitative estimate of drug-likeness (QED) is 0.554. The third kappa shape index (κ3) is 5.62. The van der Waals surface area contributed by atoms with Gasteiger partial charge in [0, 0.05) is 37.3 Å². The van der Waals surface area contributed by atoms with Crippen LogP contribution in [0.15, 0.2) is 42.6 Å². The number of likely N-dealkylation sites (N-methyl/N-ethyl adjacent to an activating group) is 1. The summed E-state index contributed by atoms with van der Waals surface area (Å²) in [7, 11) is 3.67. The Balaban J connectivity index is 2.31. The Kier molecular flexibility index (Phi) is 6.89. The van der Waals surface area contributed by atoms with Gasteiger partial charge in [-0.15, -0.1) is 0 Å². The van der Waals surface area contributed by atoms with Crippen molar-refractivity contribution in [1.29, 1.82) is 0 Å². The summed E-state index contributed by atoms with van der Waals surface area (Å²) in [6, 6.07) is 7.75. The van der Waals surface area contributed by atoms with Gasteiger partial charge in [-0.2, -0.15) is 0 Å². The summed E-state index contributed by atoms with van der Waals surface area (Å²) < 4.78 is 12.5. The van der Waals surface area contributed by atoms with Crippen LogP contribution in [0.4, 0.5) is 4.79 Å². The molecule has 0 saturated heterocycles. The number of amides is 1. The first-order valence-electron chi connectivity index (χ1n) is 9.46. The maximum absolute atomic E-state index is 12.6. The molecule has 0 saturated carbocycles. The third-order valence-electron chi connectivity index (χ3n) is 4.33. The van der Waals surface area contributed by atoms with Gasteiger partial charge in [0.25, 0.3) is 0 Å². The average Bonchev–Trinajstić information content (AvgIpc) is 2.93. The molecule has 0 spiro atoms. The van der Waals surface area contributed by atoms with Gasteiger partial charge >= 0.3 is 12.1 Å². The van der Waals surface area contributed by atoms with Crippen LogP contribution in [0.2, 0.25) is 0 Å². The molecular formula is C22H30N2O4. The van der Waals surface area contributed by atoms with E-state index in [9.17, 15) is 9.59 Å². The monoisotopic (exact) mass is 386 g/mol. The molecular weight excluding hydrogens is 356 g/mol. The first kappa shape index (κ1) is 21.5. The lowest BCUT2D eigenvalue weighted by Gasteiger charge is -2.29. The van der Waals surface area contributed by atoms with E-state index in [4.69, 9.17) is 9.47 Å². The summed E-state index contributed by atoms with van der Waals surface area (Å²) in [5.74, 6) is -0.428. The molecule has 1 atom stereocenters. The Hall–Kier alpha value is -2.76. The smallest absolute Gasteiger partial charge is 0.410 e. The molecule has 1 aromatic heterocycles. The fraction of sp³-hybridized carbons (Fsp3) is 0.455. The molecule has 0 aliphatic heterocycles. The second-order valence-corrected chi connectivity index (χ2v) is 7.76. The molecule has 1 heterocycles.